The molecule has 3 heteroatoms. The van der Waals surface area contributed by atoms with Gasteiger partial charge in [-0.05, 0) is 19.1 Å². The first-order valence-corrected chi connectivity index (χ1v) is 4.79. The molecule has 1 aromatic carbocycles. The molecule has 0 spiro atoms. The Labute approximate surface area is 87.9 Å². The molecule has 76 valence electrons. The number of para-hydroxylation sites is 2. The molecular formula is C12H12N2O. The molecule has 0 aliphatic rings. The number of hydrogen-bond donors (Lipinski definition) is 0. The van der Waals surface area contributed by atoms with E-state index in [-0.39, 0.29) is 5.69 Å². The number of nitrogens with zero attached hydrogens (tertiary/aromatic N) is 2. The zero-order chi connectivity index (χ0) is 10.8. The molecule has 0 atom stereocenters. The summed E-state index contributed by atoms with van der Waals surface area (Å²) in [6.07, 6.45) is 0. The minimum absolute atomic E-state index is 0.0149. The van der Waals surface area contributed by atoms with Gasteiger partial charge in [-0.1, -0.05) is 18.1 Å². The smallest absolute Gasteiger partial charge is 0.295 e. The molecule has 3 nitrogen and oxygen atoms in total. The van der Waals surface area contributed by atoms with Crippen LogP contribution in [0.15, 0.2) is 29.1 Å². The van der Waals surface area contributed by atoms with Crippen molar-refractivity contribution >= 4 is 11.0 Å². The summed E-state index contributed by atoms with van der Waals surface area (Å²) in [4.78, 5) is 11.9. The van der Waals surface area contributed by atoms with Gasteiger partial charge in [-0.3, -0.25) is 9.13 Å². The Hall–Kier alpha value is -1.95. The van der Waals surface area contributed by atoms with E-state index in [1.165, 1.54) is 0 Å². The van der Waals surface area contributed by atoms with E-state index in [4.69, 9.17) is 0 Å². The number of rotatable bonds is 1. The third-order valence-corrected chi connectivity index (χ3v) is 2.47. The second-order valence-corrected chi connectivity index (χ2v) is 3.34. The molecule has 1 aromatic heterocycles. The van der Waals surface area contributed by atoms with Gasteiger partial charge in [-0.2, -0.15) is 0 Å². The highest BCUT2D eigenvalue weighted by Gasteiger charge is 2.07. The standard InChI is InChI=1S/C12H12N2O/c1-3-4-9-14-11-8-6-5-7-10(11)13(2)12(14)15/h5-8H,9H2,1-2H3. The van der Waals surface area contributed by atoms with Crippen LogP contribution in [0.2, 0.25) is 0 Å². The van der Waals surface area contributed by atoms with Crippen LogP contribution in [-0.4, -0.2) is 9.13 Å². The summed E-state index contributed by atoms with van der Waals surface area (Å²) in [7, 11) is 1.78. The van der Waals surface area contributed by atoms with Crippen LogP contribution in [-0.2, 0) is 13.6 Å². The van der Waals surface area contributed by atoms with Crippen molar-refractivity contribution in [3.8, 4) is 11.8 Å². The van der Waals surface area contributed by atoms with Crippen molar-refractivity contribution in [3.05, 3.63) is 34.7 Å². The summed E-state index contributed by atoms with van der Waals surface area (Å²) in [6.45, 7) is 2.23. The fourth-order valence-corrected chi connectivity index (χ4v) is 1.67. The highest BCUT2D eigenvalue weighted by Crippen LogP contribution is 2.10. The van der Waals surface area contributed by atoms with Gasteiger partial charge in [0.25, 0.3) is 0 Å². The Balaban J connectivity index is 2.76. The molecule has 15 heavy (non-hydrogen) atoms. The van der Waals surface area contributed by atoms with Crippen LogP contribution in [0, 0.1) is 11.8 Å². The number of hydrogen-bond acceptors (Lipinski definition) is 1. The Morgan fingerprint density at radius 3 is 2.60 bits per heavy atom. The minimum atomic E-state index is -0.0149. The Bertz CT molecular complexity index is 608. The van der Waals surface area contributed by atoms with Crippen LogP contribution < -0.4 is 5.69 Å². The van der Waals surface area contributed by atoms with Gasteiger partial charge in [-0.15, -0.1) is 5.92 Å². The number of aryl methyl sites for hydroxylation is 1. The van der Waals surface area contributed by atoms with E-state index in [9.17, 15) is 4.79 Å². The van der Waals surface area contributed by atoms with Crippen LogP contribution in [0.1, 0.15) is 6.92 Å². The molecule has 2 aromatic rings. The maximum absolute atomic E-state index is 11.9. The lowest BCUT2D eigenvalue weighted by Gasteiger charge is -1.95. The van der Waals surface area contributed by atoms with Gasteiger partial charge in [-0.25, -0.2) is 4.79 Å². The summed E-state index contributed by atoms with van der Waals surface area (Å²) in [5.41, 5.74) is 1.87. The summed E-state index contributed by atoms with van der Waals surface area (Å²) >= 11 is 0. The summed E-state index contributed by atoms with van der Waals surface area (Å²) in [5.74, 6) is 5.71. The zero-order valence-corrected chi connectivity index (χ0v) is 8.82. The van der Waals surface area contributed by atoms with Crippen LogP contribution in [0.4, 0.5) is 0 Å². The Morgan fingerprint density at radius 1 is 1.27 bits per heavy atom. The van der Waals surface area contributed by atoms with Crippen molar-refractivity contribution in [2.45, 2.75) is 13.5 Å². The lowest BCUT2D eigenvalue weighted by Crippen LogP contribution is -2.21. The van der Waals surface area contributed by atoms with Gasteiger partial charge in [0.1, 0.15) is 0 Å². The number of imidazole rings is 1. The topological polar surface area (TPSA) is 26.9 Å². The molecule has 0 radical (unpaired) electrons. The van der Waals surface area contributed by atoms with Crippen molar-refractivity contribution < 1.29 is 0 Å². The molecule has 0 fully saturated rings. The molecule has 0 aliphatic carbocycles. The van der Waals surface area contributed by atoms with Gasteiger partial charge in [0, 0.05) is 7.05 Å². The molecular weight excluding hydrogens is 188 g/mol. The summed E-state index contributed by atoms with van der Waals surface area (Å²) < 4.78 is 3.33. The third-order valence-electron chi connectivity index (χ3n) is 2.47. The van der Waals surface area contributed by atoms with E-state index in [0.29, 0.717) is 6.54 Å². The first-order chi connectivity index (χ1) is 7.25. The second kappa shape index (κ2) is 3.66. The van der Waals surface area contributed by atoms with Crippen molar-refractivity contribution in [1.82, 2.24) is 9.13 Å². The molecule has 0 unspecified atom stereocenters. The fraction of sp³-hybridized carbons (Fsp3) is 0.250. The highest BCUT2D eigenvalue weighted by atomic mass is 16.1. The van der Waals surface area contributed by atoms with Crippen molar-refractivity contribution in [3.63, 3.8) is 0 Å². The lowest BCUT2D eigenvalue weighted by atomic mass is 10.3. The molecule has 0 bridgehead atoms. The molecule has 0 saturated heterocycles. The number of aromatic nitrogens is 2. The molecule has 0 N–H and O–H groups in total. The largest absolute Gasteiger partial charge is 0.329 e. The predicted octanol–water partition coefficient (Wildman–Crippen LogP) is 1.36. The van der Waals surface area contributed by atoms with E-state index in [1.54, 1.807) is 23.1 Å². The number of fused-ring (bicyclic) bond motifs is 1. The monoisotopic (exact) mass is 200 g/mol. The average Bonchev–Trinajstić information content (AvgIpc) is 2.51. The maximum Gasteiger partial charge on any atom is 0.329 e. The molecule has 1 heterocycles. The lowest BCUT2D eigenvalue weighted by molar-refractivity contribution is 0.759. The number of benzene rings is 1. The maximum atomic E-state index is 11.9. The van der Waals surface area contributed by atoms with E-state index in [2.05, 4.69) is 11.8 Å². The van der Waals surface area contributed by atoms with Crippen LogP contribution in [0.25, 0.3) is 11.0 Å². The first kappa shape index (κ1) is 9.60. The van der Waals surface area contributed by atoms with Crippen LogP contribution >= 0.6 is 0 Å². The molecule has 0 amide bonds. The second-order valence-electron chi connectivity index (χ2n) is 3.34. The van der Waals surface area contributed by atoms with Gasteiger partial charge >= 0.3 is 5.69 Å². The molecule has 2 rings (SSSR count). The summed E-state index contributed by atoms with van der Waals surface area (Å²) in [6, 6.07) is 7.73. The van der Waals surface area contributed by atoms with Crippen LogP contribution in [0.3, 0.4) is 0 Å². The van der Waals surface area contributed by atoms with Crippen molar-refractivity contribution in [2.75, 3.05) is 0 Å². The first-order valence-electron chi connectivity index (χ1n) is 4.79. The SMILES string of the molecule is CC#CCn1c(=O)n(C)c2ccccc21. The summed E-state index contributed by atoms with van der Waals surface area (Å²) in [5, 5.41) is 0. The molecule has 0 aliphatic heterocycles. The van der Waals surface area contributed by atoms with E-state index in [0.717, 1.165) is 11.0 Å². The van der Waals surface area contributed by atoms with Crippen LogP contribution in [0.5, 0.6) is 0 Å². The van der Waals surface area contributed by atoms with Gasteiger partial charge < -0.3 is 0 Å². The highest BCUT2D eigenvalue weighted by molar-refractivity contribution is 5.75. The Morgan fingerprint density at radius 2 is 1.93 bits per heavy atom. The van der Waals surface area contributed by atoms with Gasteiger partial charge in [0.15, 0.2) is 0 Å². The quantitative estimate of drug-likeness (QED) is 0.638. The van der Waals surface area contributed by atoms with E-state index < -0.39 is 0 Å². The predicted molar refractivity (Wildman–Crippen MR) is 60.6 cm³/mol. The van der Waals surface area contributed by atoms with E-state index >= 15 is 0 Å². The fourth-order valence-electron chi connectivity index (χ4n) is 1.67. The van der Waals surface area contributed by atoms with Gasteiger partial charge in [0.05, 0.1) is 17.6 Å². The normalized spacial score (nSPS) is 10.0. The van der Waals surface area contributed by atoms with Crippen molar-refractivity contribution in [2.24, 2.45) is 7.05 Å². The van der Waals surface area contributed by atoms with Crippen molar-refractivity contribution in [1.29, 1.82) is 0 Å². The van der Waals surface area contributed by atoms with E-state index in [1.807, 2.05) is 24.3 Å². The van der Waals surface area contributed by atoms with Gasteiger partial charge in [0.2, 0.25) is 0 Å². The average molecular weight is 200 g/mol. The zero-order valence-electron chi connectivity index (χ0n) is 8.82. The Kier molecular flexibility index (Phi) is 2.34. The molecule has 0 saturated carbocycles. The minimum Gasteiger partial charge on any atom is -0.295 e. The third kappa shape index (κ3) is 1.44.